The fraction of sp³-hybridized carbons (Fsp3) is 0. The molecule has 2 aromatic heterocycles. The molecule has 0 fully saturated rings. The molecule has 0 atom stereocenters. The summed E-state index contributed by atoms with van der Waals surface area (Å²) in [6.45, 7) is 0. The summed E-state index contributed by atoms with van der Waals surface area (Å²) in [5.41, 5.74) is 1.28. The van der Waals surface area contributed by atoms with Gasteiger partial charge in [-0.1, -0.05) is 48.5 Å². The van der Waals surface area contributed by atoms with Gasteiger partial charge in [-0.15, -0.1) is 0 Å². The van der Waals surface area contributed by atoms with Crippen LogP contribution in [0.4, 0.5) is 0 Å². The first-order valence-electron chi connectivity index (χ1n) is 8.10. The van der Waals surface area contributed by atoms with E-state index < -0.39 is 39.8 Å². The maximum absolute atomic E-state index is 10.5. The number of carboxylic acids is 2. The fourth-order valence-corrected chi connectivity index (χ4v) is 2.36. The Morgan fingerprint density at radius 3 is 1.31 bits per heavy atom. The van der Waals surface area contributed by atoms with Crippen LogP contribution in [0.25, 0.3) is 21.8 Å². The molecule has 2 heterocycles. The van der Waals surface area contributed by atoms with E-state index in [1.165, 1.54) is 12.1 Å². The Hall–Kier alpha value is -3.15. The van der Waals surface area contributed by atoms with Crippen LogP contribution in [0.1, 0.15) is 21.0 Å². The second kappa shape index (κ2) is 11.0. The minimum absolute atomic E-state index is 0.0290. The van der Waals surface area contributed by atoms with Crippen LogP contribution in [0.2, 0.25) is 0 Å². The fourth-order valence-electron chi connectivity index (χ4n) is 2.36. The maximum atomic E-state index is 10.5. The molecular weight excluding hydrogens is 602 g/mol. The number of rotatable bonds is 2. The predicted octanol–water partition coefficient (Wildman–Crippen LogP) is 0.959. The van der Waals surface area contributed by atoms with Crippen LogP contribution >= 0.6 is 0 Å². The molecule has 0 bridgehead atoms. The number of pyridine rings is 2. The van der Waals surface area contributed by atoms with Crippen molar-refractivity contribution in [3.8, 4) is 0 Å². The third-order valence-corrected chi connectivity index (χ3v) is 3.62. The number of carbonyl (C=O) groups excluding carboxylic acids is 2. The Bertz CT molecular complexity index is 1120. The van der Waals surface area contributed by atoms with E-state index in [9.17, 15) is 19.8 Å². The van der Waals surface area contributed by atoms with E-state index in [2.05, 4.69) is 9.97 Å². The number of benzene rings is 2. The summed E-state index contributed by atoms with van der Waals surface area (Å²) < 4.78 is 17.2. The summed E-state index contributed by atoms with van der Waals surface area (Å²) in [7, 11) is 0. The zero-order chi connectivity index (χ0) is 21.2. The molecule has 0 spiro atoms. The molecule has 0 saturated heterocycles. The Labute approximate surface area is 179 Å². The molecule has 0 radical (unpaired) electrons. The molecule has 8 nitrogen and oxygen atoms in total. The van der Waals surface area contributed by atoms with Gasteiger partial charge >= 0.3 is 32.3 Å². The molecule has 142 valence electrons. The van der Waals surface area contributed by atoms with Crippen LogP contribution in [0.15, 0.2) is 72.8 Å². The van der Waals surface area contributed by atoms with Crippen molar-refractivity contribution in [1.82, 2.24) is 9.97 Å². The van der Waals surface area contributed by atoms with Crippen molar-refractivity contribution in [2.75, 3.05) is 0 Å². The number of hydrogen-bond acceptors (Lipinski definition) is 8. The monoisotopic (exact) mass is 614 g/mol. The van der Waals surface area contributed by atoms with E-state index in [4.69, 9.17) is 4.47 Å². The van der Waals surface area contributed by atoms with E-state index in [1.54, 1.807) is 24.3 Å². The van der Waals surface area contributed by atoms with Crippen LogP contribution in [-0.2, 0) is 4.47 Å². The molecule has 0 aliphatic carbocycles. The van der Waals surface area contributed by atoms with Gasteiger partial charge in [-0.2, -0.15) is 0 Å². The molecule has 9 heteroatoms. The SMILES string of the molecule is O=C([O-])c1ccc2ccccc2n1.O=C([O-])c1ccc2ccccc2n1.[O]=[U+2]=[O]. The van der Waals surface area contributed by atoms with Crippen LogP contribution in [0.5, 0.6) is 0 Å². The zero-order valence-electron chi connectivity index (χ0n) is 14.8. The summed E-state index contributed by atoms with van der Waals surface area (Å²) in [4.78, 5) is 28.8. The number of hydrogen-bond donors (Lipinski definition) is 0. The van der Waals surface area contributed by atoms with Gasteiger partial charge < -0.3 is 19.8 Å². The Morgan fingerprint density at radius 2 is 0.966 bits per heavy atom. The van der Waals surface area contributed by atoms with E-state index >= 15 is 0 Å². The van der Waals surface area contributed by atoms with E-state index in [0.29, 0.717) is 11.0 Å². The van der Waals surface area contributed by atoms with Gasteiger partial charge in [0.25, 0.3) is 0 Å². The first-order chi connectivity index (χ1) is 14.0. The number of aromatic nitrogens is 2. The Kier molecular flexibility index (Phi) is 8.40. The third kappa shape index (κ3) is 6.45. The van der Waals surface area contributed by atoms with Crippen molar-refractivity contribution >= 4 is 33.7 Å². The Morgan fingerprint density at radius 1 is 0.621 bits per heavy atom. The number of carbonyl (C=O) groups is 2. The average molecular weight is 614 g/mol. The normalized spacial score (nSPS) is 9.38. The van der Waals surface area contributed by atoms with E-state index in [-0.39, 0.29) is 11.4 Å². The topological polar surface area (TPSA) is 140 Å². The van der Waals surface area contributed by atoms with Crippen LogP contribution < -0.4 is 10.2 Å². The van der Waals surface area contributed by atoms with Gasteiger partial charge in [-0.05, 0) is 24.3 Å². The molecule has 0 aliphatic rings. The van der Waals surface area contributed by atoms with Crippen molar-refractivity contribution in [3.63, 3.8) is 0 Å². The predicted molar refractivity (Wildman–Crippen MR) is 93.5 cm³/mol. The van der Waals surface area contributed by atoms with Crippen molar-refractivity contribution in [3.05, 3.63) is 84.2 Å². The standard InChI is InChI=1S/2C10H7NO2.2O.U/c2*12-10(13)9-6-5-7-3-1-2-4-8(7)11-9;;;/h2*1-6H,(H,12,13);;;/q;;;;+2/p-2. The van der Waals surface area contributed by atoms with Gasteiger partial charge in [0.2, 0.25) is 0 Å². The van der Waals surface area contributed by atoms with Gasteiger partial charge in [0, 0.05) is 10.8 Å². The average Bonchev–Trinajstić information content (AvgIpc) is 2.74. The molecule has 4 rings (SSSR count). The van der Waals surface area contributed by atoms with Crippen molar-refractivity contribution in [2.45, 2.75) is 0 Å². The van der Waals surface area contributed by atoms with Gasteiger partial charge in [-0.3, -0.25) is 0 Å². The molecular formula is C20H12N2O6U. The van der Waals surface area contributed by atoms with Gasteiger partial charge in [-0.25, -0.2) is 9.97 Å². The second-order valence-electron chi connectivity index (χ2n) is 5.44. The van der Waals surface area contributed by atoms with Crippen molar-refractivity contribution < 1.29 is 52.1 Å². The summed E-state index contributed by atoms with van der Waals surface area (Å²) in [5.74, 6) is -2.49. The zero-order valence-corrected chi connectivity index (χ0v) is 18.9. The summed E-state index contributed by atoms with van der Waals surface area (Å²) in [5, 5.41) is 22.8. The summed E-state index contributed by atoms with van der Waals surface area (Å²) >= 11 is -2.51. The molecule has 0 unspecified atom stereocenters. The van der Waals surface area contributed by atoms with Gasteiger partial charge in [0.05, 0.1) is 34.4 Å². The van der Waals surface area contributed by atoms with Crippen LogP contribution in [0, 0.1) is 27.8 Å². The number of fused-ring (bicyclic) bond motifs is 2. The molecule has 29 heavy (non-hydrogen) atoms. The second-order valence-corrected chi connectivity index (χ2v) is 6.13. The minimum atomic E-state index is -2.51. The van der Waals surface area contributed by atoms with Gasteiger partial charge in [0.15, 0.2) is 0 Å². The number of aromatic carboxylic acids is 2. The summed E-state index contributed by atoms with van der Waals surface area (Å²) in [6.07, 6.45) is 0. The molecule has 0 amide bonds. The first-order valence-corrected chi connectivity index (χ1v) is 11.5. The number of carboxylic acid groups (broad SMARTS) is 2. The van der Waals surface area contributed by atoms with Gasteiger partial charge in [0.1, 0.15) is 0 Å². The first kappa shape index (κ1) is 22.1. The molecule has 2 aromatic carbocycles. The number of nitrogens with zero attached hydrogens (tertiary/aromatic N) is 2. The Balaban J connectivity index is 0.000000183. The van der Waals surface area contributed by atoms with Crippen LogP contribution in [-0.4, -0.2) is 21.9 Å². The molecule has 0 saturated carbocycles. The molecule has 0 N–H and O–H groups in total. The van der Waals surface area contributed by atoms with E-state index in [0.717, 1.165) is 10.8 Å². The molecule has 0 aliphatic heterocycles. The number of para-hydroxylation sites is 2. The third-order valence-electron chi connectivity index (χ3n) is 3.62. The molecule has 4 aromatic rings. The van der Waals surface area contributed by atoms with E-state index in [1.807, 2.05) is 36.4 Å². The van der Waals surface area contributed by atoms with Crippen molar-refractivity contribution in [2.24, 2.45) is 0 Å². The summed E-state index contributed by atoms with van der Waals surface area (Å²) in [6, 6.07) is 21.0. The van der Waals surface area contributed by atoms with Crippen molar-refractivity contribution in [1.29, 1.82) is 0 Å². The quantitative estimate of drug-likeness (QED) is 0.326. The van der Waals surface area contributed by atoms with Crippen LogP contribution in [0.3, 0.4) is 0 Å².